The lowest BCUT2D eigenvalue weighted by atomic mass is 9.94. The molecule has 1 unspecified atom stereocenters. The second kappa shape index (κ2) is 5.22. The third kappa shape index (κ3) is 2.46. The summed E-state index contributed by atoms with van der Waals surface area (Å²) in [5.74, 6) is 0.138. The summed E-state index contributed by atoms with van der Waals surface area (Å²) >= 11 is 0. The Morgan fingerprint density at radius 3 is 2.64 bits per heavy atom. The Hall–Kier alpha value is -1.57. The molecule has 0 saturated carbocycles. The summed E-state index contributed by atoms with van der Waals surface area (Å²) in [6, 6.07) is 9.99. The highest BCUT2D eigenvalue weighted by Crippen LogP contribution is 2.18. The zero-order valence-electron chi connectivity index (χ0n) is 8.35. The smallest absolute Gasteiger partial charge is 0.0679 e. The summed E-state index contributed by atoms with van der Waals surface area (Å²) in [5, 5.41) is 12.1. The molecular weight excluding hydrogens is 174 g/mol. The lowest BCUT2D eigenvalue weighted by Gasteiger charge is -2.11. The van der Waals surface area contributed by atoms with Crippen LogP contribution in [0, 0.1) is 0 Å². The molecular formula is C12H15NO. The summed E-state index contributed by atoms with van der Waals surface area (Å²) in [7, 11) is 0. The molecule has 1 rings (SSSR count). The molecule has 0 aliphatic heterocycles. The second-order valence-corrected chi connectivity index (χ2v) is 3.22. The predicted molar refractivity (Wildman–Crippen MR) is 58.9 cm³/mol. The van der Waals surface area contributed by atoms with Crippen LogP contribution in [0.15, 0.2) is 48.1 Å². The molecule has 14 heavy (non-hydrogen) atoms. The highest BCUT2D eigenvalue weighted by Gasteiger charge is 2.11. The van der Waals surface area contributed by atoms with Crippen LogP contribution in [0.3, 0.4) is 0 Å². The number of rotatable bonds is 4. The molecule has 74 valence electrons. The van der Waals surface area contributed by atoms with Gasteiger partial charge in [0.15, 0.2) is 0 Å². The molecule has 1 atom stereocenters. The van der Waals surface area contributed by atoms with Crippen LogP contribution in [0.2, 0.25) is 0 Å². The average molecular weight is 189 g/mol. The molecule has 0 aliphatic carbocycles. The van der Waals surface area contributed by atoms with Gasteiger partial charge in [0.05, 0.1) is 5.71 Å². The van der Waals surface area contributed by atoms with Gasteiger partial charge in [-0.3, -0.25) is 0 Å². The number of allylic oxidation sites excluding steroid dienone is 1. The third-order valence-electron chi connectivity index (χ3n) is 2.28. The minimum atomic E-state index is 0.138. The van der Waals surface area contributed by atoms with Gasteiger partial charge >= 0.3 is 0 Å². The Kier molecular flexibility index (Phi) is 3.92. The maximum absolute atomic E-state index is 8.83. The number of oxime groups is 1. The molecule has 0 aromatic heterocycles. The fourth-order valence-electron chi connectivity index (χ4n) is 1.39. The van der Waals surface area contributed by atoms with Gasteiger partial charge in [-0.2, -0.15) is 0 Å². The normalized spacial score (nSPS) is 13.6. The van der Waals surface area contributed by atoms with Gasteiger partial charge in [0.25, 0.3) is 0 Å². The predicted octanol–water partition coefficient (Wildman–Crippen LogP) is 3.20. The van der Waals surface area contributed by atoms with E-state index >= 15 is 0 Å². The first-order chi connectivity index (χ1) is 6.79. The first-order valence-electron chi connectivity index (χ1n) is 4.66. The van der Waals surface area contributed by atoms with Crippen LogP contribution in [0.25, 0.3) is 0 Å². The van der Waals surface area contributed by atoms with Gasteiger partial charge in [-0.15, -0.1) is 6.58 Å². The van der Waals surface area contributed by atoms with Crippen molar-refractivity contribution >= 4 is 5.71 Å². The van der Waals surface area contributed by atoms with Gasteiger partial charge in [-0.25, -0.2) is 0 Å². The fourth-order valence-corrected chi connectivity index (χ4v) is 1.39. The Morgan fingerprint density at radius 2 is 2.14 bits per heavy atom. The van der Waals surface area contributed by atoms with E-state index < -0.39 is 0 Å². The number of nitrogens with zero attached hydrogens (tertiary/aromatic N) is 1. The summed E-state index contributed by atoms with van der Waals surface area (Å²) in [6.07, 6.45) is 2.36. The third-order valence-corrected chi connectivity index (χ3v) is 2.28. The van der Waals surface area contributed by atoms with E-state index in [0.717, 1.165) is 11.3 Å². The highest BCUT2D eigenvalue weighted by atomic mass is 16.4. The van der Waals surface area contributed by atoms with Crippen LogP contribution < -0.4 is 0 Å². The second-order valence-electron chi connectivity index (χ2n) is 3.22. The fraction of sp³-hybridized carbons (Fsp3) is 0.250. The number of hydrogen-bond acceptors (Lipinski definition) is 2. The van der Waals surface area contributed by atoms with E-state index in [9.17, 15) is 0 Å². The molecule has 0 saturated heterocycles. The van der Waals surface area contributed by atoms with Crippen LogP contribution in [-0.2, 0) is 0 Å². The van der Waals surface area contributed by atoms with Crippen LogP contribution in [-0.4, -0.2) is 10.9 Å². The monoisotopic (exact) mass is 189 g/mol. The number of hydrogen-bond donors (Lipinski definition) is 1. The van der Waals surface area contributed by atoms with Gasteiger partial charge in [-0.1, -0.05) is 48.5 Å². The maximum Gasteiger partial charge on any atom is 0.0679 e. The molecule has 0 bridgehead atoms. The zero-order valence-corrected chi connectivity index (χ0v) is 8.35. The molecule has 0 heterocycles. The van der Waals surface area contributed by atoms with Gasteiger partial charge in [0.1, 0.15) is 0 Å². The standard InChI is InChI=1S/C12H15NO/c1-3-7-12(13-14)10(2)11-8-5-4-6-9-11/h3-6,8-10,14H,1,7H2,2H3. The maximum atomic E-state index is 8.83. The summed E-state index contributed by atoms with van der Waals surface area (Å²) in [6.45, 7) is 5.65. The molecule has 2 nitrogen and oxygen atoms in total. The van der Waals surface area contributed by atoms with E-state index in [2.05, 4.69) is 11.7 Å². The van der Waals surface area contributed by atoms with Crippen molar-refractivity contribution < 1.29 is 5.21 Å². The Morgan fingerprint density at radius 1 is 1.50 bits per heavy atom. The molecule has 0 aliphatic rings. The van der Waals surface area contributed by atoms with E-state index in [4.69, 9.17) is 5.21 Å². The van der Waals surface area contributed by atoms with E-state index in [1.54, 1.807) is 6.08 Å². The van der Waals surface area contributed by atoms with E-state index in [0.29, 0.717) is 6.42 Å². The van der Waals surface area contributed by atoms with Gasteiger partial charge in [-0.05, 0) is 5.56 Å². The van der Waals surface area contributed by atoms with Crippen molar-refractivity contribution in [3.63, 3.8) is 0 Å². The first-order valence-corrected chi connectivity index (χ1v) is 4.66. The molecule has 1 aromatic rings. The summed E-state index contributed by atoms with van der Waals surface area (Å²) in [5.41, 5.74) is 1.90. The Bertz CT molecular complexity index is 316. The molecule has 1 N–H and O–H groups in total. The minimum Gasteiger partial charge on any atom is -0.411 e. The lowest BCUT2D eigenvalue weighted by molar-refractivity contribution is 0.316. The van der Waals surface area contributed by atoms with Crippen molar-refractivity contribution in [2.24, 2.45) is 5.16 Å². The van der Waals surface area contributed by atoms with Gasteiger partial charge in [0, 0.05) is 12.3 Å². The van der Waals surface area contributed by atoms with Crippen LogP contribution >= 0.6 is 0 Å². The van der Waals surface area contributed by atoms with Crippen molar-refractivity contribution in [3.8, 4) is 0 Å². The average Bonchev–Trinajstić information content (AvgIpc) is 2.26. The Labute approximate surface area is 84.6 Å². The molecule has 0 spiro atoms. The van der Waals surface area contributed by atoms with Crippen molar-refractivity contribution in [2.45, 2.75) is 19.3 Å². The highest BCUT2D eigenvalue weighted by molar-refractivity contribution is 5.91. The summed E-state index contributed by atoms with van der Waals surface area (Å²) in [4.78, 5) is 0. The number of benzene rings is 1. The van der Waals surface area contributed by atoms with Crippen molar-refractivity contribution in [2.75, 3.05) is 0 Å². The minimum absolute atomic E-state index is 0.138. The largest absolute Gasteiger partial charge is 0.411 e. The molecule has 0 fully saturated rings. The molecule has 1 aromatic carbocycles. The van der Waals surface area contributed by atoms with E-state index in [-0.39, 0.29) is 5.92 Å². The van der Waals surface area contributed by atoms with Crippen LogP contribution in [0.5, 0.6) is 0 Å². The summed E-state index contributed by atoms with van der Waals surface area (Å²) < 4.78 is 0. The van der Waals surface area contributed by atoms with Crippen molar-refractivity contribution in [3.05, 3.63) is 48.6 Å². The SMILES string of the molecule is C=CCC(=NO)C(C)c1ccccc1. The topological polar surface area (TPSA) is 32.6 Å². The lowest BCUT2D eigenvalue weighted by Crippen LogP contribution is -2.08. The zero-order chi connectivity index (χ0) is 10.4. The quantitative estimate of drug-likeness (QED) is 0.335. The van der Waals surface area contributed by atoms with Crippen molar-refractivity contribution in [1.29, 1.82) is 0 Å². The van der Waals surface area contributed by atoms with Gasteiger partial charge in [0.2, 0.25) is 0 Å². The molecule has 0 amide bonds. The van der Waals surface area contributed by atoms with Crippen molar-refractivity contribution in [1.82, 2.24) is 0 Å². The van der Waals surface area contributed by atoms with Gasteiger partial charge < -0.3 is 5.21 Å². The first kappa shape index (κ1) is 10.5. The van der Waals surface area contributed by atoms with E-state index in [1.165, 1.54) is 0 Å². The van der Waals surface area contributed by atoms with E-state index in [1.807, 2.05) is 37.3 Å². The van der Waals surface area contributed by atoms with Crippen LogP contribution in [0.4, 0.5) is 0 Å². The molecule has 2 heteroatoms. The Balaban J connectivity index is 2.83. The van der Waals surface area contributed by atoms with Crippen LogP contribution in [0.1, 0.15) is 24.8 Å². The molecule has 0 radical (unpaired) electrons.